The van der Waals surface area contributed by atoms with Gasteiger partial charge in [-0.15, -0.1) is 0 Å². The Kier molecular flexibility index (Phi) is 3.76. The highest BCUT2D eigenvalue weighted by Gasteiger charge is 2.18. The second-order valence-electron chi connectivity index (χ2n) is 4.03. The lowest BCUT2D eigenvalue weighted by Crippen LogP contribution is -2.15. The van der Waals surface area contributed by atoms with Crippen molar-refractivity contribution in [3.05, 3.63) is 65.0 Å². The SMILES string of the molecule is COc1ccc(C(N)c2ccc(F)cc2F)c(F)c1. The zero-order valence-corrected chi connectivity index (χ0v) is 10.2. The Morgan fingerprint density at radius 3 is 2.05 bits per heavy atom. The minimum atomic E-state index is -1.01. The molecule has 2 nitrogen and oxygen atoms in total. The van der Waals surface area contributed by atoms with Crippen molar-refractivity contribution >= 4 is 0 Å². The molecule has 0 aliphatic carbocycles. The molecule has 0 heterocycles. The quantitative estimate of drug-likeness (QED) is 0.927. The lowest BCUT2D eigenvalue weighted by atomic mass is 9.98. The van der Waals surface area contributed by atoms with Crippen molar-refractivity contribution in [3.63, 3.8) is 0 Å². The molecule has 0 saturated carbocycles. The summed E-state index contributed by atoms with van der Waals surface area (Å²) in [5.41, 5.74) is 5.97. The zero-order chi connectivity index (χ0) is 14.0. The van der Waals surface area contributed by atoms with E-state index in [1.165, 1.54) is 25.3 Å². The topological polar surface area (TPSA) is 35.2 Å². The Balaban J connectivity index is 2.41. The Labute approximate surface area is 108 Å². The van der Waals surface area contributed by atoms with Gasteiger partial charge in [-0.1, -0.05) is 12.1 Å². The first-order chi connectivity index (χ1) is 9.02. The largest absolute Gasteiger partial charge is 0.497 e. The van der Waals surface area contributed by atoms with E-state index >= 15 is 0 Å². The molecule has 0 radical (unpaired) electrons. The van der Waals surface area contributed by atoms with Crippen LogP contribution in [0.2, 0.25) is 0 Å². The van der Waals surface area contributed by atoms with Gasteiger partial charge in [-0.05, 0) is 12.1 Å². The van der Waals surface area contributed by atoms with Gasteiger partial charge in [0.1, 0.15) is 23.2 Å². The van der Waals surface area contributed by atoms with Gasteiger partial charge < -0.3 is 10.5 Å². The highest BCUT2D eigenvalue weighted by Crippen LogP contribution is 2.27. The molecule has 0 bridgehead atoms. The molecule has 0 aliphatic rings. The fourth-order valence-corrected chi connectivity index (χ4v) is 1.81. The van der Waals surface area contributed by atoms with Crippen molar-refractivity contribution in [1.29, 1.82) is 0 Å². The van der Waals surface area contributed by atoms with Gasteiger partial charge in [0.05, 0.1) is 13.2 Å². The number of methoxy groups -OCH3 is 1. The van der Waals surface area contributed by atoms with Gasteiger partial charge in [-0.2, -0.15) is 0 Å². The van der Waals surface area contributed by atoms with Crippen molar-refractivity contribution in [3.8, 4) is 5.75 Å². The third-order valence-electron chi connectivity index (χ3n) is 2.84. The van der Waals surface area contributed by atoms with Crippen molar-refractivity contribution in [2.45, 2.75) is 6.04 Å². The standard InChI is InChI=1S/C14H12F3NO/c1-19-9-3-5-11(13(17)7-9)14(18)10-4-2-8(15)6-12(10)16/h2-7,14H,18H2,1H3. The lowest BCUT2D eigenvalue weighted by Gasteiger charge is -2.15. The summed E-state index contributed by atoms with van der Waals surface area (Å²) in [6.07, 6.45) is 0. The smallest absolute Gasteiger partial charge is 0.132 e. The van der Waals surface area contributed by atoms with Gasteiger partial charge in [0.15, 0.2) is 0 Å². The molecular weight excluding hydrogens is 255 g/mol. The minimum Gasteiger partial charge on any atom is -0.497 e. The summed E-state index contributed by atoms with van der Waals surface area (Å²) in [5.74, 6) is -1.77. The van der Waals surface area contributed by atoms with E-state index in [0.717, 1.165) is 18.2 Å². The molecule has 0 spiro atoms. The van der Waals surface area contributed by atoms with Crippen LogP contribution in [0.25, 0.3) is 0 Å². The summed E-state index contributed by atoms with van der Waals surface area (Å²) in [5, 5.41) is 0. The Hall–Kier alpha value is -2.01. The van der Waals surface area contributed by atoms with Gasteiger partial charge in [0, 0.05) is 23.3 Å². The number of hydrogen-bond acceptors (Lipinski definition) is 2. The maximum atomic E-state index is 13.8. The van der Waals surface area contributed by atoms with Crippen LogP contribution in [0.4, 0.5) is 13.2 Å². The third kappa shape index (κ3) is 2.71. The van der Waals surface area contributed by atoms with Crippen molar-refractivity contribution in [2.75, 3.05) is 7.11 Å². The fourth-order valence-electron chi connectivity index (χ4n) is 1.81. The van der Waals surface area contributed by atoms with Crippen LogP contribution in [0.15, 0.2) is 36.4 Å². The Morgan fingerprint density at radius 1 is 0.947 bits per heavy atom. The van der Waals surface area contributed by atoms with E-state index in [1.54, 1.807) is 0 Å². The van der Waals surface area contributed by atoms with E-state index < -0.39 is 23.5 Å². The molecule has 19 heavy (non-hydrogen) atoms. The molecule has 2 aromatic carbocycles. The predicted molar refractivity (Wildman–Crippen MR) is 65.3 cm³/mol. The molecule has 0 aromatic heterocycles. The molecular formula is C14H12F3NO. The summed E-state index contributed by atoms with van der Waals surface area (Å²) >= 11 is 0. The molecule has 5 heteroatoms. The molecule has 0 fully saturated rings. The summed E-state index contributed by atoms with van der Waals surface area (Å²) in [7, 11) is 1.41. The van der Waals surface area contributed by atoms with Gasteiger partial charge in [-0.25, -0.2) is 13.2 Å². The van der Waals surface area contributed by atoms with Gasteiger partial charge >= 0.3 is 0 Å². The fraction of sp³-hybridized carbons (Fsp3) is 0.143. The Bertz CT molecular complexity index is 601. The van der Waals surface area contributed by atoms with Crippen LogP contribution in [0.1, 0.15) is 17.2 Å². The minimum absolute atomic E-state index is 0.0328. The first-order valence-electron chi connectivity index (χ1n) is 5.57. The maximum absolute atomic E-state index is 13.8. The number of halogens is 3. The lowest BCUT2D eigenvalue weighted by molar-refractivity contribution is 0.410. The molecule has 0 saturated heterocycles. The summed E-state index contributed by atoms with van der Waals surface area (Å²) in [6, 6.07) is 6.11. The van der Waals surface area contributed by atoms with Gasteiger partial charge in [0.2, 0.25) is 0 Å². The molecule has 2 rings (SSSR count). The first-order valence-corrected chi connectivity index (χ1v) is 5.57. The molecule has 0 aliphatic heterocycles. The van der Waals surface area contributed by atoms with Crippen LogP contribution >= 0.6 is 0 Å². The van der Waals surface area contributed by atoms with Gasteiger partial charge in [-0.3, -0.25) is 0 Å². The number of hydrogen-bond donors (Lipinski definition) is 1. The van der Waals surface area contributed by atoms with Crippen LogP contribution in [0, 0.1) is 17.5 Å². The molecule has 1 atom stereocenters. The van der Waals surface area contributed by atoms with Crippen LogP contribution in [-0.2, 0) is 0 Å². The highest BCUT2D eigenvalue weighted by molar-refractivity contribution is 5.37. The van der Waals surface area contributed by atoms with E-state index in [1.807, 2.05) is 0 Å². The Morgan fingerprint density at radius 2 is 1.53 bits per heavy atom. The van der Waals surface area contributed by atoms with E-state index in [4.69, 9.17) is 10.5 Å². The van der Waals surface area contributed by atoms with Crippen LogP contribution in [0.5, 0.6) is 5.75 Å². The van der Waals surface area contributed by atoms with E-state index in [-0.39, 0.29) is 11.1 Å². The van der Waals surface area contributed by atoms with Crippen molar-refractivity contribution in [1.82, 2.24) is 0 Å². The molecule has 2 N–H and O–H groups in total. The normalized spacial score (nSPS) is 12.3. The summed E-state index contributed by atoms with van der Waals surface area (Å²) in [4.78, 5) is 0. The van der Waals surface area contributed by atoms with E-state index in [0.29, 0.717) is 5.75 Å². The first kappa shape index (κ1) is 13.4. The second-order valence-corrected chi connectivity index (χ2v) is 4.03. The van der Waals surface area contributed by atoms with Crippen LogP contribution < -0.4 is 10.5 Å². The maximum Gasteiger partial charge on any atom is 0.132 e. The summed E-state index contributed by atoms with van der Waals surface area (Å²) in [6.45, 7) is 0. The predicted octanol–water partition coefficient (Wildman–Crippen LogP) is 3.16. The number of benzene rings is 2. The number of nitrogens with two attached hydrogens (primary N) is 1. The monoisotopic (exact) mass is 267 g/mol. The average Bonchev–Trinajstić information content (AvgIpc) is 2.37. The number of ether oxygens (including phenoxy) is 1. The van der Waals surface area contributed by atoms with Gasteiger partial charge in [0.25, 0.3) is 0 Å². The molecule has 0 amide bonds. The van der Waals surface area contributed by atoms with Crippen LogP contribution in [-0.4, -0.2) is 7.11 Å². The highest BCUT2D eigenvalue weighted by atomic mass is 19.1. The number of rotatable bonds is 3. The third-order valence-corrected chi connectivity index (χ3v) is 2.84. The molecule has 100 valence electrons. The van der Waals surface area contributed by atoms with E-state index in [9.17, 15) is 13.2 Å². The summed E-state index contributed by atoms with van der Waals surface area (Å²) < 4.78 is 45.1. The second kappa shape index (κ2) is 5.32. The zero-order valence-electron chi connectivity index (χ0n) is 10.2. The average molecular weight is 267 g/mol. The molecule has 1 unspecified atom stereocenters. The van der Waals surface area contributed by atoms with E-state index in [2.05, 4.69) is 0 Å². The van der Waals surface area contributed by atoms with Crippen LogP contribution in [0.3, 0.4) is 0 Å². The van der Waals surface area contributed by atoms with Crippen molar-refractivity contribution in [2.24, 2.45) is 5.73 Å². The molecule has 2 aromatic rings. The van der Waals surface area contributed by atoms with Crippen molar-refractivity contribution < 1.29 is 17.9 Å².